The standard InChI is InChI=1S/C20H26N4O/c1-25-16-9-10-21-18(14-16)20-22-17-8-6-7-15(17)13-19(23-20)24-11-4-2-3-5-12-24/h9-10,13-15H,2-8,11-12H2,1H3. The minimum atomic E-state index is 0.435. The molecule has 1 aliphatic carbocycles. The van der Waals surface area contributed by atoms with E-state index in [1.807, 2.05) is 12.1 Å². The van der Waals surface area contributed by atoms with E-state index in [-0.39, 0.29) is 0 Å². The van der Waals surface area contributed by atoms with Crippen LogP contribution in [0.4, 0.5) is 0 Å². The number of aliphatic imine (C=N–C) groups is 2. The number of likely N-dealkylation sites (tertiary alicyclic amines) is 1. The molecule has 5 heteroatoms. The lowest BCUT2D eigenvalue weighted by Crippen LogP contribution is -2.24. The lowest BCUT2D eigenvalue weighted by atomic mass is 10.1. The SMILES string of the molecule is COc1ccnc(C2=NC(N3CCCCCC3)=CC3CCCC3=N2)c1. The van der Waals surface area contributed by atoms with Gasteiger partial charge in [0.2, 0.25) is 0 Å². The van der Waals surface area contributed by atoms with E-state index in [9.17, 15) is 0 Å². The Kier molecular flexibility index (Phi) is 4.81. The van der Waals surface area contributed by atoms with Crippen LogP contribution in [0.15, 0.2) is 40.2 Å². The number of pyridine rings is 1. The van der Waals surface area contributed by atoms with E-state index in [1.165, 1.54) is 44.2 Å². The molecule has 5 nitrogen and oxygen atoms in total. The molecule has 3 aliphatic rings. The predicted octanol–water partition coefficient (Wildman–Crippen LogP) is 3.81. The first-order valence-corrected chi connectivity index (χ1v) is 9.47. The summed E-state index contributed by atoms with van der Waals surface area (Å²) in [5.41, 5.74) is 2.05. The minimum absolute atomic E-state index is 0.435. The van der Waals surface area contributed by atoms with E-state index in [0.717, 1.165) is 42.6 Å². The third kappa shape index (κ3) is 3.60. The summed E-state index contributed by atoms with van der Waals surface area (Å²) >= 11 is 0. The summed E-state index contributed by atoms with van der Waals surface area (Å²) in [6.07, 6.45) is 12.7. The summed E-state index contributed by atoms with van der Waals surface area (Å²) in [7, 11) is 1.68. The molecule has 25 heavy (non-hydrogen) atoms. The van der Waals surface area contributed by atoms with Gasteiger partial charge in [-0.05, 0) is 44.2 Å². The van der Waals surface area contributed by atoms with E-state index in [2.05, 4.69) is 16.0 Å². The van der Waals surface area contributed by atoms with E-state index in [1.54, 1.807) is 13.3 Å². The molecular formula is C20H26N4O. The van der Waals surface area contributed by atoms with Crippen molar-refractivity contribution in [2.45, 2.75) is 44.9 Å². The Morgan fingerprint density at radius 2 is 1.92 bits per heavy atom. The van der Waals surface area contributed by atoms with Crippen LogP contribution in [0.25, 0.3) is 0 Å². The summed E-state index contributed by atoms with van der Waals surface area (Å²) < 4.78 is 5.35. The molecule has 0 bridgehead atoms. The van der Waals surface area contributed by atoms with Crippen molar-refractivity contribution in [1.82, 2.24) is 9.88 Å². The van der Waals surface area contributed by atoms with Crippen molar-refractivity contribution in [2.24, 2.45) is 15.9 Å². The summed E-state index contributed by atoms with van der Waals surface area (Å²) in [5.74, 6) is 3.05. The first-order chi connectivity index (χ1) is 12.3. The van der Waals surface area contributed by atoms with Crippen molar-refractivity contribution in [3.8, 4) is 5.75 Å². The van der Waals surface area contributed by atoms with Crippen LogP contribution in [0.1, 0.15) is 50.6 Å². The number of aromatic nitrogens is 1. The van der Waals surface area contributed by atoms with Crippen molar-refractivity contribution in [2.75, 3.05) is 20.2 Å². The highest BCUT2D eigenvalue weighted by atomic mass is 16.5. The molecule has 0 amide bonds. The largest absolute Gasteiger partial charge is 0.497 e. The highest BCUT2D eigenvalue weighted by Gasteiger charge is 2.26. The van der Waals surface area contributed by atoms with Crippen molar-refractivity contribution in [3.63, 3.8) is 0 Å². The van der Waals surface area contributed by atoms with E-state index in [4.69, 9.17) is 14.7 Å². The van der Waals surface area contributed by atoms with Crippen LogP contribution in [-0.4, -0.2) is 41.6 Å². The van der Waals surface area contributed by atoms with E-state index >= 15 is 0 Å². The molecule has 1 aromatic heterocycles. The van der Waals surface area contributed by atoms with Crippen LogP contribution in [0.2, 0.25) is 0 Å². The number of methoxy groups -OCH3 is 1. The van der Waals surface area contributed by atoms with Gasteiger partial charge in [0.25, 0.3) is 0 Å². The average Bonchev–Trinajstić information content (AvgIpc) is 2.86. The summed E-state index contributed by atoms with van der Waals surface area (Å²) in [6.45, 7) is 2.19. The van der Waals surface area contributed by atoms with Crippen LogP contribution in [-0.2, 0) is 0 Å². The molecule has 0 spiro atoms. The van der Waals surface area contributed by atoms with Gasteiger partial charge in [0.1, 0.15) is 17.3 Å². The van der Waals surface area contributed by atoms with E-state index < -0.39 is 0 Å². The van der Waals surface area contributed by atoms with Crippen molar-refractivity contribution >= 4 is 11.5 Å². The summed E-state index contributed by atoms with van der Waals surface area (Å²) in [6, 6.07) is 3.79. The number of amidine groups is 1. The normalized spacial score (nSPS) is 23.8. The fourth-order valence-electron chi connectivity index (χ4n) is 3.91. The maximum absolute atomic E-state index is 5.35. The Bertz CT molecular complexity index is 714. The molecule has 4 rings (SSSR count). The molecule has 1 aromatic rings. The van der Waals surface area contributed by atoms with Crippen LogP contribution in [0, 0.1) is 5.92 Å². The zero-order valence-electron chi connectivity index (χ0n) is 14.9. The lowest BCUT2D eigenvalue weighted by Gasteiger charge is -2.23. The molecular weight excluding hydrogens is 312 g/mol. The quantitative estimate of drug-likeness (QED) is 0.842. The van der Waals surface area contributed by atoms with Gasteiger partial charge in [0, 0.05) is 37.0 Å². The van der Waals surface area contributed by atoms with Crippen LogP contribution in [0.3, 0.4) is 0 Å². The van der Waals surface area contributed by atoms with E-state index in [0.29, 0.717) is 5.92 Å². The second kappa shape index (κ2) is 7.38. The van der Waals surface area contributed by atoms with Gasteiger partial charge in [0.05, 0.1) is 7.11 Å². The first-order valence-electron chi connectivity index (χ1n) is 9.47. The number of nitrogens with zero attached hydrogens (tertiary/aromatic N) is 4. The zero-order chi connectivity index (χ0) is 17.1. The summed E-state index contributed by atoms with van der Waals surface area (Å²) in [4.78, 5) is 16.8. The maximum atomic E-state index is 5.35. The molecule has 1 unspecified atom stereocenters. The molecule has 0 N–H and O–H groups in total. The van der Waals surface area contributed by atoms with Gasteiger partial charge in [-0.3, -0.25) is 4.98 Å². The average molecular weight is 338 g/mol. The Labute approximate surface area is 149 Å². The zero-order valence-corrected chi connectivity index (χ0v) is 14.9. The smallest absolute Gasteiger partial charge is 0.180 e. The number of fused-ring (bicyclic) bond motifs is 1. The molecule has 132 valence electrons. The highest BCUT2D eigenvalue weighted by molar-refractivity contribution is 6.08. The molecule has 0 aromatic carbocycles. The molecule has 2 fully saturated rings. The van der Waals surface area contributed by atoms with Gasteiger partial charge in [-0.1, -0.05) is 12.8 Å². The Morgan fingerprint density at radius 1 is 1.08 bits per heavy atom. The Morgan fingerprint density at radius 3 is 2.72 bits per heavy atom. The van der Waals surface area contributed by atoms with Crippen LogP contribution < -0.4 is 4.74 Å². The maximum Gasteiger partial charge on any atom is 0.180 e. The predicted molar refractivity (Wildman–Crippen MR) is 100 cm³/mol. The number of ether oxygens (including phenoxy) is 1. The van der Waals surface area contributed by atoms with Gasteiger partial charge in [-0.25, -0.2) is 9.98 Å². The topological polar surface area (TPSA) is 50.1 Å². The van der Waals surface area contributed by atoms with Crippen molar-refractivity contribution < 1.29 is 4.74 Å². The molecule has 2 aliphatic heterocycles. The molecule has 0 radical (unpaired) electrons. The van der Waals surface area contributed by atoms with Crippen molar-refractivity contribution in [3.05, 3.63) is 35.9 Å². The number of hydrogen-bond acceptors (Lipinski definition) is 5. The number of hydrogen-bond donors (Lipinski definition) is 0. The Balaban J connectivity index is 1.72. The molecule has 1 saturated carbocycles. The highest BCUT2D eigenvalue weighted by Crippen LogP contribution is 2.30. The van der Waals surface area contributed by atoms with Gasteiger partial charge < -0.3 is 9.64 Å². The van der Waals surface area contributed by atoms with Gasteiger partial charge in [0.15, 0.2) is 5.84 Å². The molecule has 1 saturated heterocycles. The number of rotatable bonds is 3. The first kappa shape index (κ1) is 16.3. The second-order valence-electron chi connectivity index (χ2n) is 7.04. The van der Waals surface area contributed by atoms with Crippen LogP contribution >= 0.6 is 0 Å². The van der Waals surface area contributed by atoms with Crippen LogP contribution in [0.5, 0.6) is 5.75 Å². The van der Waals surface area contributed by atoms with Gasteiger partial charge in [-0.2, -0.15) is 0 Å². The van der Waals surface area contributed by atoms with Gasteiger partial charge in [-0.15, -0.1) is 0 Å². The minimum Gasteiger partial charge on any atom is -0.497 e. The summed E-state index contributed by atoms with van der Waals surface area (Å²) in [5, 5.41) is 0. The molecule has 1 atom stereocenters. The Hall–Kier alpha value is -2.17. The van der Waals surface area contributed by atoms with Gasteiger partial charge >= 0.3 is 0 Å². The fraction of sp³-hybridized carbons (Fsp3) is 0.550. The fourth-order valence-corrected chi connectivity index (χ4v) is 3.91. The third-order valence-corrected chi connectivity index (χ3v) is 5.32. The number of allylic oxidation sites excluding steroid dienone is 1. The second-order valence-corrected chi connectivity index (χ2v) is 7.04. The van der Waals surface area contributed by atoms with Crippen molar-refractivity contribution in [1.29, 1.82) is 0 Å². The monoisotopic (exact) mass is 338 g/mol. The third-order valence-electron chi connectivity index (χ3n) is 5.32. The molecule has 3 heterocycles. The lowest BCUT2D eigenvalue weighted by molar-refractivity contribution is 0.353.